The van der Waals surface area contributed by atoms with Gasteiger partial charge in [-0.25, -0.2) is 4.79 Å². The lowest BCUT2D eigenvalue weighted by atomic mass is 10.0. The summed E-state index contributed by atoms with van der Waals surface area (Å²) in [4.78, 5) is 47.9. The first kappa shape index (κ1) is 30.1. The quantitative estimate of drug-likeness (QED) is 0.110. The largest absolute Gasteiger partial charge is 0.469 e. The maximum absolute atomic E-state index is 13.4. The van der Waals surface area contributed by atoms with Crippen LogP contribution in [-0.4, -0.2) is 42.0 Å². The number of ether oxygens (including phenoxy) is 3. The van der Waals surface area contributed by atoms with Gasteiger partial charge in [0, 0.05) is 28.3 Å². The summed E-state index contributed by atoms with van der Waals surface area (Å²) in [6.45, 7) is 5.41. The molecule has 210 valence electrons. The summed E-state index contributed by atoms with van der Waals surface area (Å²) in [5, 5.41) is 17.2. The van der Waals surface area contributed by atoms with E-state index < -0.39 is 28.4 Å². The molecule has 11 nitrogen and oxygen atoms in total. The Hall–Kier alpha value is -4.45. The molecule has 3 aromatic rings. The number of methoxy groups -OCH3 is 1. The third kappa shape index (κ3) is 8.53. The molecular formula is C28H28BrN3O8. The molecule has 40 heavy (non-hydrogen) atoms. The van der Waals surface area contributed by atoms with Gasteiger partial charge in [-0.3, -0.25) is 25.0 Å². The molecule has 0 aliphatic carbocycles. The average molecular weight is 614 g/mol. The number of hydrogen-bond donors (Lipinski definition) is 2. The van der Waals surface area contributed by atoms with Crippen molar-refractivity contribution >= 4 is 50.8 Å². The molecule has 0 aromatic heterocycles. The molecule has 0 aliphatic heterocycles. The molecule has 1 amide bonds. The number of nitro groups is 1. The number of benzene rings is 3. The number of anilines is 2. The van der Waals surface area contributed by atoms with Crippen LogP contribution in [0.15, 0.2) is 65.1 Å². The lowest BCUT2D eigenvalue weighted by Crippen LogP contribution is -2.27. The minimum absolute atomic E-state index is 0.0198. The van der Waals surface area contributed by atoms with E-state index in [1.807, 2.05) is 0 Å². The number of esters is 1. The maximum Gasteiger partial charge on any atom is 0.412 e. The Morgan fingerprint density at radius 1 is 1.00 bits per heavy atom. The van der Waals surface area contributed by atoms with Crippen molar-refractivity contribution in [2.45, 2.75) is 32.8 Å². The second-order valence-electron chi connectivity index (χ2n) is 9.46. The number of ketones is 1. The van der Waals surface area contributed by atoms with Crippen molar-refractivity contribution in [3.8, 4) is 11.5 Å². The van der Waals surface area contributed by atoms with E-state index in [2.05, 4.69) is 31.3 Å². The first-order valence-corrected chi connectivity index (χ1v) is 12.9. The molecular weight excluding hydrogens is 586 g/mol. The third-order valence-electron chi connectivity index (χ3n) is 5.24. The van der Waals surface area contributed by atoms with Gasteiger partial charge in [-0.05, 0) is 75.4 Å². The molecule has 0 aliphatic rings. The van der Waals surface area contributed by atoms with E-state index in [9.17, 15) is 24.5 Å². The number of nitrogens with one attached hydrogen (secondary N) is 2. The van der Waals surface area contributed by atoms with Gasteiger partial charge < -0.3 is 19.5 Å². The molecule has 0 fully saturated rings. The third-order valence-corrected chi connectivity index (χ3v) is 5.74. The summed E-state index contributed by atoms with van der Waals surface area (Å²) < 4.78 is 16.4. The van der Waals surface area contributed by atoms with Crippen molar-refractivity contribution in [3.05, 3.63) is 86.4 Å². The maximum atomic E-state index is 13.4. The highest BCUT2D eigenvalue weighted by Gasteiger charge is 2.22. The number of rotatable bonds is 10. The van der Waals surface area contributed by atoms with Crippen molar-refractivity contribution in [2.75, 3.05) is 24.3 Å². The predicted octanol–water partition coefficient (Wildman–Crippen LogP) is 6.70. The molecule has 3 rings (SSSR count). The Morgan fingerprint density at radius 2 is 1.70 bits per heavy atom. The van der Waals surface area contributed by atoms with Gasteiger partial charge in [0.1, 0.15) is 22.8 Å². The lowest BCUT2D eigenvalue weighted by Gasteiger charge is -2.19. The van der Waals surface area contributed by atoms with Crippen LogP contribution in [0, 0.1) is 10.1 Å². The highest BCUT2D eigenvalue weighted by atomic mass is 79.9. The number of halogens is 1. The fraction of sp³-hybridized carbons (Fsp3) is 0.250. The van der Waals surface area contributed by atoms with Crippen LogP contribution in [0.5, 0.6) is 11.5 Å². The lowest BCUT2D eigenvalue weighted by molar-refractivity contribution is -0.384. The number of amides is 1. The van der Waals surface area contributed by atoms with Gasteiger partial charge in [-0.2, -0.15) is 0 Å². The van der Waals surface area contributed by atoms with Gasteiger partial charge in [-0.1, -0.05) is 15.9 Å². The van der Waals surface area contributed by atoms with Crippen LogP contribution >= 0.6 is 15.9 Å². The zero-order chi connectivity index (χ0) is 29.4. The molecule has 12 heteroatoms. The monoisotopic (exact) mass is 613 g/mol. The zero-order valence-corrected chi connectivity index (χ0v) is 23.9. The first-order chi connectivity index (χ1) is 18.9. The highest BCUT2D eigenvalue weighted by Crippen LogP contribution is 2.33. The van der Waals surface area contributed by atoms with Crippen molar-refractivity contribution < 1.29 is 33.5 Å². The van der Waals surface area contributed by atoms with E-state index in [-0.39, 0.29) is 41.2 Å². The van der Waals surface area contributed by atoms with Gasteiger partial charge >= 0.3 is 12.1 Å². The Balaban J connectivity index is 1.81. The Morgan fingerprint density at radius 3 is 2.33 bits per heavy atom. The van der Waals surface area contributed by atoms with Crippen molar-refractivity contribution in [2.24, 2.45) is 0 Å². The molecule has 0 atom stereocenters. The molecule has 0 spiro atoms. The van der Waals surface area contributed by atoms with Crippen LogP contribution in [-0.2, 0) is 14.3 Å². The Bertz CT molecular complexity index is 1420. The standard InChI is InChI=1S/C28H28BrN3O8/c1-28(2,3)40-27(35)31-19-7-9-20(10-8-19)39-24-16-18(29)6-11-21(24)26(34)17-5-12-22(23(15-17)32(36)37)30-14-13-25(33)38-4/h5-12,15-16,30H,13-14H2,1-4H3,(H,31,35). The van der Waals surface area contributed by atoms with E-state index in [1.165, 1.54) is 25.3 Å². The molecule has 0 heterocycles. The summed E-state index contributed by atoms with van der Waals surface area (Å²) in [6.07, 6.45) is -0.578. The molecule has 3 aromatic carbocycles. The van der Waals surface area contributed by atoms with Crippen molar-refractivity contribution in [1.29, 1.82) is 0 Å². The Kier molecular flexibility index (Phi) is 9.83. The predicted molar refractivity (Wildman–Crippen MR) is 152 cm³/mol. The van der Waals surface area contributed by atoms with Crippen LogP contribution in [0.1, 0.15) is 43.1 Å². The summed E-state index contributed by atoms with van der Waals surface area (Å²) in [5.41, 5.74) is -0.0477. The number of carbonyl (C=O) groups excluding carboxylic acids is 3. The topological polar surface area (TPSA) is 146 Å². The summed E-state index contributed by atoms with van der Waals surface area (Å²) in [6, 6.07) is 15.3. The van der Waals surface area contributed by atoms with Gasteiger partial charge in [0.25, 0.3) is 5.69 Å². The van der Waals surface area contributed by atoms with Crippen LogP contribution in [0.25, 0.3) is 0 Å². The Labute approximate surface area is 239 Å². The van der Waals surface area contributed by atoms with Crippen LogP contribution in [0.2, 0.25) is 0 Å². The second kappa shape index (κ2) is 13.1. The van der Waals surface area contributed by atoms with Crippen LogP contribution in [0.3, 0.4) is 0 Å². The summed E-state index contributed by atoms with van der Waals surface area (Å²) >= 11 is 3.37. The number of nitro benzene ring substituents is 1. The highest BCUT2D eigenvalue weighted by molar-refractivity contribution is 9.10. The van der Waals surface area contributed by atoms with Gasteiger partial charge in [0.05, 0.1) is 24.0 Å². The van der Waals surface area contributed by atoms with Crippen LogP contribution in [0.4, 0.5) is 21.9 Å². The molecule has 0 radical (unpaired) electrons. The zero-order valence-electron chi connectivity index (χ0n) is 22.3. The second-order valence-corrected chi connectivity index (χ2v) is 10.4. The van der Waals surface area contributed by atoms with Gasteiger partial charge in [0.2, 0.25) is 0 Å². The normalized spacial score (nSPS) is 10.8. The fourth-order valence-corrected chi connectivity index (χ4v) is 3.79. The van der Waals surface area contributed by atoms with E-state index in [1.54, 1.807) is 63.2 Å². The molecule has 0 saturated heterocycles. The molecule has 0 saturated carbocycles. The number of hydrogen-bond acceptors (Lipinski definition) is 9. The van der Waals surface area contributed by atoms with E-state index in [0.29, 0.717) is 15.9 Å². The molecule has 0 unspecified atom stereocenters. The van der Waals surface area contributed by atoms with E-state index in [4.69, 9.17) is 9.47 Å². The van der Waals surface area contributed by atoms with Crippen LogP contribution < -0.4 is 15.4 Å². The van der Waals surface area contributed by atoms with Crippen molar-refractivity contribution in [3.63, 3.8) is 0 Å². The molecule has 2 N–H and O–H groups in total. The minimum Gasteiger partial charge on any atom is -0.469 e. The van der Waals surface area contributed by atoms with Gasteiger partial charge in [-0.15, -0.1) is 0 Å². The average Bonchev–Trinajstić information content (AvgIpc) is 2.88. The SMILES string of the molecule is COC(=O)CCNc1ccc(C(=O)c2ccc(Br)cc2Oc2ccc(NC(=O)OC(C)(C)C)cc2)cc1[N+](=O)[O-]. The van der Waals surface area contributed by atoms with Gasteiger partial charge in [0.15, 0.2) is 5.78 Å². The summed E-state index contributed by atoms with van der Waals surface area (Å²) in [5.74, 6) is -0.346. The smallest absolute Gasteiger partial charge is 0.412 e. The van der Waals surface area contributed by atoms with E-state index in [0.717, 1.165) is 0 Å². The summed E-state index contributed by atoms with van der Waals surface area (Å²) in [7, 11) is 1.25. The minimum atomic E-state index is -0.640. The van der Waals surface area contributed by atoms with E-state index >= 15 is 0 Å². The van der Waals surface area contributed by atoms with Crippen molar-refractivity contribution in [1.82, 2.24) is 0 Å². The first-order valence-electron chi connectivity index (χ1n) is 12.1. The number of nitrogens with zero attached hydrogens (tertiary/aromatic N) is 1. The fourth-order valence-electron chi connectivity index (χ4n) is 3.45. The molecule has 0 bridgehead atoms. The number of carbonyl (C=O) groups is 3.